The van der Waals surface area contributed by atoms with Crippen molar-refractivity contribution in [3.8, 4) is 23.0 Å². The Labute approximate surface area is 307 Å². The van der Waals surface area contributed by atoms with E-state index in [1.54, 1.807) is 0 Å². The molecule has 0 N–H and O–H groups in total. The van der Waals surface area contributed by atoms with E-state index >= 15 is 0 Å². The molecule has 0 saturated heterocycles. The van der Waals surface area contributed by atoms with Crippen LogP contribution in [0.1, 0.15) is 116 Å². The largest absolute Gasteiger partial charge is 0.451 e. The smallest absolute Gasteiger partial charge is 0.241 e. The molecule has 0 fully saturated rings. The summed E-state index contributed by atoms with van der Waals surface area (Å²) in [7, 11) is 0. The molecule has 0 spiro atoms. The zero-order valence-electron chi connectivity index (χ0n) is 32.0. The van der Waals surface area contributed by atoms with E-state index in [2.05, 4.69) is 27.7 Å². The number of hydrogen-bond donors (Lipinski definition) is 0. The lowest BCUT2D eigenvalue weighted by Crippen LogP contribution is -2.17. The highest BCUT2D eigenvalue weighted by Crippen LogP contribution is 2.38. The molecule has 2 aromatic rings. The maximum Gasteiger partial charge on any atom is 0.241 e. The molecule has 2 heterocycles. The summed E-state index contributed by atoms with van der Waals surface area (Å²) in [4.78, 5) is 0. The standard InChI is InChI=1S/C42H66O9/c1-33(2)19-27-45-25-11-9-23-43-21-7-5-13-41-48-37-17-15-35(29-39(37)50-41)31-47-32-36-16-18-38-40(30-36)51-42(49-38)14-6-8-22-44-24-10-12-26-46-28-20-34(3)4/h15-18,29-30,33-34,41-42H,5-14,19-28,31-32H2,1-4H3. The van der Waals surface area contributed by atoms with Crippen LogP contribution in [0.3, 0.4) is 0 Å². The lowest BCUT2D eigenvalue weighted by atomic mass is 10.1. The number of hydrogen-bond acceptors (Lipinski definition) is 9. The van der Waals surface area contributed by atoms with Gasteiger partial charge in [-0.3, -0.25) is 0 Å². The van der Waals surface area contributed by atoms with Crippen molar-refractivity contribution < 1.29 is 42.6 Å². The minimum absolute atomic E-state index is 0.246. The summed E-state index contributed by atoms with van der Waals surface area (Å²) in [6.07, 6.45) is 11.6. The molecule has 0 aromatic heterocycles. The Morgan fingerprint density at radius 2 is 0.784 bits per heavy atom. The van der Waals surface area contributed by atoms with Crippen LogP contribution in [-0.2, 0) is 36.9 Å². The second-order valence-electron chi connectivity index (χ2n) is 14.6. The van der Waals surface area contributed by atoms with Crippen molar-refractivity contribution in [2.45, 2.75) is 131 Å². The zero-order valence-corrected chi connectivity index (χ0v) is 32.0. The van der Waals surface area contributed by atoms with Crippen LogP contribution in [0.2, 0.25) is 0 Å². The van der Waals surface area contributed by atoms with Crippen LogP contribution < -0.4 is 18.9 Å². The third kappa shape index (κ3) is 17.2. The molecule has 0 aliphatic carbocycles. The van der Waals surface area contributed by atoms with Crippen LogP contribution in [0, 0.1) is 11.8 Å². The van der Waals surface area contributed by atoms with E-state index < -0.39 is 0 Å². The molecule has 0 saturated carbocycles. The van der Waals surface area contributed by atoms with E-state index in [4.69, 9.17) is 42.6 Å². The van der Waals surface area contributed by atoms with Crippen LogP contribution in [0.5, 0.6) is 23.0 Å². The van der Waals surface area contributed by atoms with E-state index in [0.29, 0.717) is 25.0 Å². The van der Waals surface area contributed by atoms with Gasteiger partial charge in [0.25, 0.3) is 0 Å². The fraction of sp³-hybridized carbons (Fsp3) is 0.714. The first-order valence-corrected chi connectivity index (χ1v) is 19.8. The normalized spacial score (nSPS) is 16.2. The van der Waals surface area contributed by atoms with Crippen molar-refractivity contribution in [2.24, 2.45) is 11.8 Å². The van der Waals surface area contributed by atoms with Crippen LogP contribution in [0.15, 0.2) is 36.4 Å². The molecule has 288 valence electrons. The highest BCUT2D eigenvalue weighted by molar-refractivity contribution is 5.46. The Hall–Kier alpha value is -2.56. The molecule has 2 atom stereocenters. The van der Waals surface area contributed by atoms with Crippen LogP contribution in [-0.4, -0.2) is 65.4 Å². The number of rotatable bonds is 30. The maximum atomic E-state index is 6.08. The first-order chi connectivity index (χ1) is 25.0. The fourth-order valence-corrected chi connectivity index (χ4v) is 5.69. The lowest BCUT2D eigenvalue weighted by Gasteiger charge is -2.10. The van der Waals surface area contributed by atoms with Gasteiger partial charge < -0.3 is 42.6 Å². The number of unbranched alkanes of at least 4 members (excludes halogenated alkanes) is 4. The topological polar surface area (TPSA) is 83.1 Å². The SMILES string of the molecule is CC(C)CCOCCCCOCCCCC1Oc2ccc(COCc3ccc4c(c3)OC(CCCCOCCCCOCCC(C)C)O4)cc2O1. The molecule has 0 amide bonds. The molecule has 0 radical (unpaired) electrons. The summed E-state index contributed by atoms with van der Waals surface area (Å²) < 4.78 is 53.1. The van der Waals surface area contributed by atoms with E-state index in [9.17, 15) is 0 Å². The fourth-order valence-electron chi connectivity index (χ4n) is 5.69. The van der Waals surface area contributed by atoms with Crippen LogP contribution >= 0.6 is 0 Å². The predicted octanol–water partition coefficient (Wildman–Crippen LogP) is 9.66. The van der Waals surface area contributed by atoms with Crippen molar-refractivity contribution in [1.82, 2.24) is 0 Å². The quantitative estimate of drug-likeness (QED) is 0.0735. The van der Waals surface area contributed by atoms with Crippen LogP contribution in [0.25, 0.3) is 0 Å². The van der Waals surface area contributed by atoms with Gasteiger partial charge in [-0.25, -0.2) is 0 Å². The maximum absolute atomic E-state index is 6.08. The molecular weight excluding hydrogens is 648 g/mol. The minimum Gasteiger partial charge on any atom is -0.451 e. The minimum atomic E-state index is -0.246. The van der Waals surface area contributed by atoms with Crippen molar-refractivity contribution in [3.63, 3.8) is 0 Å². The Balaban J connectivity index is 0.991. The summed E-state index contributed by atoms with van der Waals surface area (Å²) >= 11 is 0. The summed E-state index contributed by atoms with van der Waals surface area (Å²) in [6.45, 7) is 16.4. The van der Waals surface area contributed by atoms with Gasteiger partial charge in [0.05, 0.1) is 13.2 Å². The Morgan fingerprint density at radius 3 is 1.18 bits per heavy atom. The number of benzene rings is 2. The molecule has 2 aliphatic rings. The van der Waals surface area contributed by atoms with Gasteiger partial charge in [0.1, 0.15) is 0 Å². The second-order valence-corrected chi connectivity index (χ2v) is 14.6. The average molecular weight is 715 g/mol. The van der Waals surface area contributed by atoms with Gasteiger partial charge in [0.15, 0.2) is 23.0 Å². The van der Waals surface area contributed by atoms with Gasteiger partial charge in [0.2, 0.25) is 12.6 Å². The van der Waals surface area contributed by atoms with Gasteiger partial charge in [-0.15, -0.1) is 0 Å². The van der Waals surface area contributed by atoms with Crippen molar-refractivity contribution >= 4 is 0 Å². The van der Waals surface area contributed by atoms with Gasteiger partial charge in [-0.1, -0.05) is 39.8 Å². The van der Waals surface area contributed by atoms with Gasteiger partial charge in [-0.2, -0.15) is 0 Å². The highest BCUT2D eigenvalue weighted by atomic mass is 16.7. The highest BCUT2D eigenvalue weighted by Gasteiger charge is 2.25. The summed E-state index contributed by atoms with van der Waals surface area (Å²) in [6, 6.07) is 12.1. The Kier molecular flexibility index (Phi) is 19.9. The third-order valence-electron chi connectivity index (χ3n) is 8.88. The zero-order chi connectivity index (χ0) is 35.9. The molecule has 2 aromatic carbocycles. The predicted molar refractivity (Wildman–Crippen MR) is 200 cm³/mol. The summed E-state index contributed by atoms with van der Waals surface area (Å²) in [5, 5.41) is 0. The van der Waals surface area contributed by atoms with Crippen molar-refractivity contribution in [2.75, 3.05) is 52.9 Å². The molecule has 2 aliphatic heterocycles. The van der Waals surface area contributed by atoms with E-state index in [0.717, 1.165) is 164 Å². The van der Waals surface area contributed by atoms with E-state index in [1.165, 1.54) is 0 Å². The molecule has 9 heteroatoms. The van der Waals surface area contributed by atoms with E-state index in [-0.39, 0.29) is 12.6 Å². The monoisotopic (exact) mass is 714 g/mol. The van der Waals surface area contributed by atoms with Gasteiger partial charge >= 0.3 is 0 Å². The van der Waals surface area contributed by atoms with Gasteiger partial charge in [0, 0.05) is 65.7 Å². The number of fused-ring (bicyclic) bond motifs is 2. The molecule has 9 nitrogen and oxygen atoms in total. The van der Waals surface area contributed by atoms with Crippen molar-refractivity contribution in [1.29, 1.82) is 0 Å². The van der Waals surface area contributed by atoms with Gasteiger partial charge in [-0.05, 0) is 111 Å². The van der Waals surface area contributed by atoms with E-state index in [1.807, 2.05) is 36.4 Å². The summed E-state index contributed by atoms with van der Waals surface area (Å²) in [5.41, 5.74) is 2.10. The van der Waals surface area contributed by atoms with Crippen molar-refractivity contribution in [3.05, 3.63) is 47.5 Å². The Morgan fingerprint density at radius 1 is 0.431 bits per heavy atom. The molecular formula is C42H66O9. The molecule has 4 rings (SSSR count). The first kappa shape index (κ1) is 41.2. The molecule has 51 heavy (non-hydrogen) atoms. The average Bonchev–Trinajstić information content (AvgIpc) is 3.71. The van der Waals surface area contributed by atoms with Crippen LogP contribution in [0.4, 0.5) is 0 Å². The summed E-state index contributed by atoms with van der Waals surface area (Å²) in [5.74, 6) is 4.56. The first-order valence-electron chi connectivity index (χ1n) is 19.8. The second kappa shape index (κ2) is 24.6. The Bertz CT molecular complexity index is 1110. The number of ether oxygens (including phenoxy) is 9. The lowest BCUT2D eigenvalue weighted by molar-refractivity contribution is 0.0360. The molecule has 0 bridgehead atoms. The third-order valence-corrected chi connectivity index (χ3v) is 8.88. The molecule has 2 unspecified atom stereocenters.